The second-order valence-electron chi connectivity index (χ2n) is 3.39. The van der Waals surface area contributed by atoms with Crippen LogP contribution in [0.3, 0.4) is 0 Å². The standard InChI is InChI=1S/C11H9ClFN/c1-6-4-9(13)5-8-3-7(2)11(12)14-10(6)8/h3-5H,1-2H3. The van der Waals surface area contributed by atoms with Gasteiger partial charge in [0.25, 0.3) is 0 Å². The molecule has 1 heterocycles. The van der Waals surface area contributed by atoms with Gasteiger partial charge < -0.3 is 0 Å². The highest BCUT2D eigenvalue weighted by Crippen LogP contribution is 2.23. The second-order valence-corrected chi connectivity index (χ2v) is 3.75. The summed E-state index contributed by atoms with van der Waals surface area (Å²) in [6, 6.07) is 4.78. The Kier molecular flexibility index (Phi) is 2.16. The summed E-state index contributed by atoms with van der Waals surface area (Å²) in [5.41, 5.74) is 2.44. The van der Waals surface area contributed by atoms with Gasteiger partial charge in [-0.3, -0.25) is 0 Å². The zero-order chi connectivity index (χ0) is 10.3. The Balaban J connectivity index is 2.89. The molecule has 0 amide bonds. The number of benzene rings is 1. The molecule has 0 fully saturated rings. The molecule has 3 heteroatoms. The number of hydrogen-bond donors (Lipinski definition) is 0. The van der Waals surface area contributed by atoms with Crippen molar-refractivity contribution in [1.82, 2.24) is 4.98 Å². The predicted octanol–water partition coefficient (Wildman–Crippen LogP) is 3.64. The van der Waals surface area contributed by atoms with Crippen molar-refractivity contribution in [1.29, 1.82) is 0 Å². The van der Waals surface area contributed by atoms with Crippen LogP contribution in [0.4, 0.5) is 4.39 Å². The first-order chi connectivity index (χ1) is 6.58. The molecule has 2 rings (SSSR count). The van der Waals surface area contributed by atoms with Gasteiger partial charge in [0.1, 0.15) is 11.0 Å². The van der Waals surface area contributed by atoms with Crippen molar-refractivity contribution in [3.8, 4) is 0 Å². The van der Waals surface area contributed by atoms with Crippen molar-refractivity contribution in [2.45, 2.75) is 13.8 Å². The maximum atomic E-state index is 13.1. The highest BCUT2D eigenvalue weighted by atomic mass is 35.5. The smallest absolute Gasteiger partial charge is 0.132 e. The first-order valence-corrected chi connectivity index (χ1v) is 4.69. The number of hydrogen-bond acceptors (Lipinski definition) is 1. The Hall–Kier alpha value is -1.15. The van der Waals surface area contributed by atoms with E-state index < -0.39 is 0 Å². The molecule has 72 valence electrons. The van der Waals surface area contributed by atoms with Crippen molar-refractivity contribution in [2.24, 2.45) is 0 Å². The van der Waals surface area contributed by atoms with E-state index in [9.17, 15) is 4.39 Å². The lowest BCUT2D eigenvalue weighted by molar-refractivity contribution is 0.628. The molecule has 0 saturated heterocycles. The number of aryl methyl sites for hydroxylation is 2. The normalized spacial score (nSPS) is 10.9. The van der Waals surface area contributed by atoms with Crippen LogP contribution in [0.15, 0.2) is 18.2 Å². The van der Waals surface area contributed by atoms with Gasteiger partial charge in [-0.2, -0.15) is 0 Å². The van der Waals surface area contributed by atoms with E-state index in [1.165, 1.54) is 12.1 Å². The van der Waals surface area contributed by atoms with Crippen LogP contribution in [0.2, 0.25) is 5.15 Å². The van der Waals surface area contributed by atoms with Crippen molar-refractivity contribution >= 4 is 22.5 Å². The van der Waals surface area contributed by atoms with Crippen molar-refractivity contribution in [3.63, 3.8) is 0 Å². The summed E-state index contributed by atoms with van der Waals surface area (Å²) in [5.74, 6) is -0.237. The first-order valence-electron chi connectivity index (χ1n) is 4.31. The van der Waals surface area contributed by atoms with Gasteiger partial charge in [-0.05, 0) is 43.2 Å². The lowest BCUT2D eigenvalue weighted by atomic mass is 10.1. The molecule has 14 heavy (non-hydrogen) atoms. The van der Waals surface area contributed by atoms with Crippen molar-refractivity contribution in [2.75, 3.05) is 0 Å². The fraction of sp³-hybridized carbons (Fsp3) is 0.182. The van der Waals surface area contributed by atoms with Crippen LogP contribution in [0.25, 0.3) is 10.9 Å². The topological polar surface area (TPSA) is 12.9 Å². The summed E-state index contributed by atoms with van der Waals surface area (Å²) < 4.78 is 13.1. The van der Waals surface area contributed by atoms with Crippen LogP contribution < -0.4 is 0 Å². The molecule has 0 spiro atoms. The molecule has 0 aliphatic carbocycles. The highest BCUT2D eigenvalue weighted by molar-refractivity contribution is 6.30. The Labute approximate surface area is 86.5 Å². The molecule has 1 aromatic carbocycles. The predicted molar refractivity (Wildman–Crippen MR) is 56.2 cm³/mol. The summed E-state index contributed by atoms with van der Waals surface area (Å²) in [7, 11) is 0. The first kappa shape index (κ1) is 9.41. The van der Waals surface area contributed by atoms with Gasteiger partial charge >= 0.3 is 0 Å². The van der Waals surface area contributed by atoms with Gasteiger partial charge in [0.05, 0.1) is 5.52 Å². The Morgan fingerprint density at radius 1 is 1.14 bits per heavy atom. The SMILES string of the molecule is Cc1cc2cc(F)cc(C)c2nc1Cl. The van der Waals surface area contributed by atoms with Gasteiger partial charge in [-0.1, -0.05) is 11.6 Å². The van der Waals surface area contributed by atoms with Crippen LogP contribution in [0, 0.1) is 19.7 Å². The van der Waals surface area contributed by atoms with E-state index in [0.29, 0.717) is 5.15 Å². The molecule has 0 atom stereocenters. The van der Waals surface area contributed by atoms with E-state index in [0.717, 1.165) is 22.0 Å². The molecule has 0 aliphatic rings. The fourth-order valence-corrected chi connectivity index (χ4v) is 1.64. The summed E-state index contributed by atoms with van der Waals surface area (Å²) >= 11 is 5.89. The van der Waals surface area contributed by atoms with E-state index in [-0.39, 0.29) is 5.82 Å². The molecule has 1 aromatic heterocycles. The minimum Gasteiger partial charge on any atom is -0.236 e. The average molecular weight is 210 g/mol. The third-order valence-corrected chi connectivity index (χ3v) is 2.58. The average Bonchev–Trinajstić information content (AvgIpc) is 2.08. The van der Waals surface area contributed by atoms with Gasteiger partial charge in [0.2, 0.25) is 0 Å². The number of fused-ring (bicyclic) bond motifs is 1. The lowest BCUT2D eigenvalue weighted by Crippen LogP contribution is -1.89. The highest BCUT2D eigenvalue weighted by Gasteiger charge is 2.05. The molecule has 0 N–H and O–H groups in total. The van der Waals surface area contributed by atoms with Crippen LogP contribution >= 0.6 is 11.6 Å². The molecule has 1 nitrogen and oxygen atoms in total. The Morgan fingerprint density at radius 3 is 2.57 bits per heavy atom. The molecular formula is C11H9ClFN. The largest absolute Gasteiger partial charge is 0.236 e. The minimum atomic E-state index is -0.237. The van der Waals surface area contributed by atoms with E-state index in [1.54, 1.807) is 0 Å². The Bertz CT molecular complexity index is 508. The van der Waals surface area contributed by atoms with E-state index in [4.69, 9.17) is 11.6 Å². The summed E-state index contributed by atoms with van der Waals surface area (Å²) in [4.78, 5) is 4.21. The second kappa shape index (κ2) is 3.21. The summed E-state index contributed by atoms with van der Waals surface area (Å²) in [6.07, 6.45) is 0. The molecular weight excluding hydrogens is 201 g/mol. The maximum Gasteiger partial charge on any atom is 0.132 e. The van der Waals surface area contributed by atoms with E-state index >= 15 is 0 Å². The van der Waals surface area contributed by atoms with Crippen LogP contribution in [-0.4, -0.2) is 4.98 Å². The van der Waals surface area contributed by atoms with Crippen molar-refractivity contribution in [3.05, 3.63) is 40.3 Å². The van der Waals surface area contributed by atoms with Crippen molar-refractivity contribution < 1.29 is 4.39 Å². The molecule has 0 saturated carbocycles. The number of pyridine rings is 1. The Morgan fingerprint density at radius 2 is 1.86 bits per heavy atom. The van der Waals surface area contributed by atoms with Crippen LogP contribution in [-0.2, 0) is 0 Å². The summed E-state index contributed by atoms with van der Waals surface area (Å²) in [5, 5.41) is 1.27. The number of aromatic nitrogens is 1. The molecule has 0 unspecified atom stereocenters. The molecule has 2 aromatic rings. The van der Waals surface area contributed by atoms with E-state index in [1.807, 2.05) is 19.9 Å². The van der Waals surface area contributed by atoms with Gasteiger partial charge in [-0.25, -0.2) is 9.37 Å². The molecule has 0 aliphatic heterocycles. The third-order valence-electron chi connectivity index (χ3n) is 2.20. The van der Waals surface area contributed by atoms with Gasteiger partial charge in [0.15, 0.2) is 0 Å². The van der Waals surface area contributed by atoms with Gasteiger partial charge in [-0.15, -0.1) is 0 Å². The number of rotatable bonds is 0. The maximum absolute atomic E-state index is 13.1. The lowest BCUT2D eigenvalue weighted by Gasteiger charge is -2.04. The van der Waals surface area contributed by atoms with Crippen LogP contribution in [0.5, 0.6) is 0 Å². The quantitative estimate of drug-likeness (QED) is 0.604. The third kappa shape index (κ3) is 1.46. The monoisotopic (exact) mass is 209 g/mol. The molecule has 0 radical (unpaired) electrons. The van der Waals surface area contributed by atoms with Crippen LogP contribution in [0.1, 0.15) is 11.1 Å². The number of nitrogens with zero attached hydrogens (tertiary/aromatic N) is 1. The van der Waals surface area contributed by atoms with Gasteiger partial charge in [0, 0.05) is 5.39 Å². The fourth-order valence-electron chi connectivity index (χ4n) is 1.50. The zero-order valence-corrected chi connectivity index (χ0v) is 8.69. The number of halogens is 2. The molecule has 0 bridgehead atoms. The summed E-state index contributed by atoms with van der Waals surface area (Å²) in [6.45, 7) is 3.68. The minimum absolute atomic E-state index is 0.237. The van der Waals surface area contributed by atoms with E-state index in [2.05, 4.69) is 4.98 Å². The zero-order valence-electron chi connectivity index (χ0n) is 7.94.